The molecule has 0 heterocycles. The first kappa shape index (κ1) is 15.3. The second-order valence-electron chi connectivity index (χ2n) is 4.12. The van der Waals surface area contributed by atoms with Crippen molar-refractivity contribution >= 4 is 45.1 Å². The van der Waals surface area contributed by atoms with Gasteiger partial charge in [-0.05, 0) is 52.3 Å². The number of aromatic carboxylic acids is 1. The fourth-order valence-corrected chi connectivity index (χ4v) is 2.03. The fourth-order valence-electron chi connectivity index (χ4n) is 1.60. The second-order valence-corrected chi connectivity index (χ2v) is 5.38. The van der Waals surface area contributed by atoms with E-state index in [4.69, 9.17) is 16.7 Å². The molecule has 2 aromatic carbocycles. The zero-order valence-corrected chi connectivity index (χ0v) is 12.8. The van der Waals surface area contributed by atoms with E-state index in [1.54, 1.807) is 12.1 Å². The van der Waals surface area contributed by atoms with E-state index in [1.807, 2.05) is 0 Å². The largest absolute Gasteiger partial charge is 0.506 e. The predicted octanol–water partition coefficient (Wildman–Crippen LogP) is 3.76. The van der Waals surface area contributed by atoms with Crippen LogP contribution in [-0.4, -0.2) is 22.1 Å². The Balaban J connectivity index is 2.28. The summed E-state index contributed by atoms with van der Waals surface area (Å²) in [5.41, 5.74) is 0.249. The lowest BCUT2D eigenvalue weighted by molar-refractivity contribution is 0.0696. The summed E-state index contributed by atoms with van der Waals surface area (Å²) >= 11 is 9.12. The van der Waals surface area contributed by atoms with E-state index in [1.165, 1.54) is 24.3 Å². The van der Waals surface area contributed by atoms with Crippen LogP contribution in [0.5, 0.6) is 5.75 Å². The minimum atomic E-state index is -1.16. The molecule has 2 rings (SSSR count). The molecule has 0 spiro atoms. The van der Waals surface area contributed by atoms with Crippen molar-refractivity contribution in [3.63, 3.8) is 0 Å². The Morgan fingerprint density at radius 1 is 1.10 bits per heavy atom. The molecule has 2 aromatic rings. The van der Waals surface area contributed by atoms with Crippen LogP contribution in [0, 0.1) is 0 Å². The van der Waals surface area contributed by atoms with E-state index in [0.717, 1.165) is 0 Å². The normalized spacial score (nSPS) is 10.2. The summed E-state index contributed by atoms with van der Waals surface area (Å²) in [6.07, 6.45) is 0. The monoisotopic (exact) mass is 369 g/mol. The van der Waals surface area contributed by atoms with Crippen molar-refractivity contribution in [2.45, 2.75) is 0 Å². The summed E-state index contributed by atoms with van der Waals surface area (Å²) in [6.45, 7) is 0. The Labute approximate surface area is 133 Å². The van der Waals surface area contributed by atoms with Gasteiger partial charge < -0.3 is 15.5 Å². The maximum absolute atomic E-state index is 12.1. The van der Waals surface area contributed by atoms with Crippen LogP contribution in [0.4, 0.5) is 5.69 Å². The van der Waals surface area contributed by atoms with Crippen molar-refractivity contribution in [2.75, 3.05) is 5.32 Å². The molecule has 0 aromatic heterocycles. The molecule has 21 heavy (non-hydrogen) atoms. The van der Waals surface area contributed by atoms with Gasteiger partial charge in [0.25, 0.3) is 5.91 Å². The van der Waals surface area contributed by atoms with E-state index in [0.29, 0.717) is 9.50 Å². The van der Waals surface area contributed by atoms with Crippen LogP contribution in [0.2, 0.25) is 5.02 Å². The third-order valence-corrected chi connectivity index (χ3v) is 3.91. The average Bonchev–Trinajstić information content (AvgIpc) is 2.43. The molecule has 5 nitrogen and oxygen atoms in total. The minimum Gasteiger partial charge on any atom is -0.506 e. The van der Waals surface area contributed by atoms with Gasteiger partial charge in [-0.25, -0.2) is 4.79 Å². The number of rotatable bonds is 3. The summed E-state index contributed by atoms with van der Waals surface area (Å²) in [7, 11) is 0. The van der Waals surface area contributed by atoms with Crippen molar-refractivity contribution < 1.29 is 19.8 Å². The highest BCUT2D eigenvalue weighted by atomic mass is 79.9. The number of amides is 1. The number of benzene rings is 2. The molecule has 3 N–H and O–H groups in total. The zero-order valence-electron chi connectivity index (χ0n) is 10.4. The van der Waals surface area contributed by atoms with Crippen LogP contribution in [-0.2, 0) is 0 Å². The third-order valence-electron chi connectivity index (χ3n) is 2.67. The Hall–Kier alpha value is -2.05. The van der Waals surface area contributed by atoms with Gasteiger partial charge in [0.1, 0.15) is 5.75 Å². The van der Waals surface area contributed by atoms with Gasteiger partial charge in [0.2, 0.25) is 0 Å². The number of aromatic hydroxyl groups is 1. The topological polar surface area (TPSA) is 86.6 Å². The molecular formula is C14H9BrClNO4. The predicted molar refractivity (Wildman–Crippen MR) is 82.2 cm³/mol. The van der Waals surface area contributed by atoms with Crippen molar-refractivity contribution in [1.82, 2.24) is 0 Å². The molecular weight excluding hydrogens is 362 g/mol. The van der Waals surface area contributed by atoms with Gasteiger partial charge in [0.05, 0.1) is 16.3 Å². The van der Waals surface area contributed by atoms with Gasteiger partial charge >= 0.3 is 5.97 Å². The van der Waals surface area contributed by atoms with Crippen LogP contribution in [0.25, 0.3) is 0 Å². The summed E-state index contributed by atoms with van der Waals surface area (Å²) in [4.78, 5) is 23.0. The first-order valence-corrected chi connectivity index (χ1v) is 6.88. The Bertz CT molecular complexity index is 733. The van der Waals surface area contributed by atoms with Crippen molar-refractivity contribution in [3.05, 3.63) is 57.0 Å². The number of carbonyl (C=O) groups is 2. The van der Waals surface area contributed by atoms with Gasteiger partial charge in [-0.15, -0.1) is 0 Å². The molecule has 0 aliphatic carbocycles. The summed E-state index contributed by atoms with van der Waals surface area (Å²) < 4.78 is 0.649. The average molecular weight is 371 g/mol. The summed E-state index contributed by atoms with van der Waals surface area (Å²) in [6, 6.07) is 8.24. The number of phenolic OH excluding ortho intramolecular Hbond substituents is 1. The molecule has 0 atom stereocenters. The highest BCUT2D eigenvalue weighted by Gasteiger charge is 2.13. The molecule has 1 amide bonds. The molecule has 0 saturated heterocycles. The van der Waals surface area contributed by atoms with Crippen molar-refractivity contribution in [2.24, 2.45) is 0 Å². The smallest absolute Gasteiger partial charge is 0.335 e. The first-order chi connectivity index (χ1) is 9.88. The number of carbonyl (C=O) groups excluding carboxylic acids is 1. The maximum Gasteiger partial charge on any atom is 0.335 e. The number of hydrogen-bond acceptors (Lipinski definition) is 3. The number of carboxylic acids is 1. The standard InChI is InChI=1S/C14H9BrClNO4/c15-9-3-1-7(5-10(9)16)13(19)17-11-6-8(14(20)21)2-4-12(11)18/h1-6,18H,(H,17,19)(H,20,21). The van der Waals surface area contributed by atoms with E-state index in [9.17, 15) is 14.7 Å². The SMILES string of the molecule is O=C(O)c1ccc(O)c(NC(=O)c2ccc(Br)c(Cl)c2)c1. The number of hydrogen-bond donors (Lipinski definition) is 3. The number of anilines is 1. The van der Waals surface area contributed by atoms with Gasteiger partial charge in [-0.2, -0.15) is 0 Å². The quantitative estimate of drug-likeness (QED) is 0.718. The molecule has 0 unspecified atom stereocenters. The summed E-state index contributed by atoms with van der Waals surface area (Å²) in [5.74, 6) is -1.89. The number of halogens is 2. The number of nitrogens with one attached hydrogen (secondary N) is 1. The molecule has 0 bridgehead atoms. The van der Waals surface area contributed by atoms with Crippen molar-refractivity contribution in [3.8, 4) is 5.75 Å². The Morgan fingerprint density at radius 2 is 1.76 bits per heavy atom. The lowest BCUT2D eigenvalue weighted by atomic mass is 10.1. The lowest BCUT2D eigenvalue weighted by Crippen LogP contribution is -2.12. The molecule has 108 valence electrons. The summed E-state index contributed by atoms with van der Waals surface area (Å²) in [5, 5.41) is 21.4. The molecule has 0 radical (unpaired) electrons. The van der Waals surface area contributed by atoms with Gasteiger partial charge in [-0.3, -0.25) is 4.79 Å². The van der Waals surface area contributed by atoms with E-state index in [-0.39, 0.29) is 22.6 Å². The molecule has 0 aliphatic heterocycles. The fraction of sp³-hybridized carbons (Fsp3) is 0. The zero-order chi connectivity index (χ0) is 15.6. The van der Waals surface area contributed by atoms with E-state index < -0.39 is 11.9 Å². The maximum atomic E-state index is 12.1. The highest BCUT2D eigenvalue weighted by Crippen LogP contribution is 2.27. The van der Waals surface area contributed by atoms with Crippen LogP contribution < -0.4 is 5.32 Å². The molecule has 0 fully saturated rings. The molecule has 0 aliphatic rings. The number of phenols is 1. The van der Waals surface area contributed by atoms with Crippen LogP contribution >= 0.6 is 27.5 Å². The molecule has 7 heteroatoms. The van der Waals surface area contributed by atoms with Gasteiger partial charge in [0, 0.05) is 10.0 Å². The Kier molecular flexibility index (Phi) is 4.50. The van der Waals surface area contributed by atoms with Crippen LogP contribution in [0.15, 0.2) is 40.9 Å². The molecule has 0 saturated carbocycles. The number of carboxylic acid groups (broad SMARTS) is 1. The highest BCUT2D eigenvalue weighted by molar-refractivity contribution is 9.10. The van der Waals surface area contributed by atoms with Crippen LogP contribution in [0.3, 0.4) is 0 Å². The van der Waals surface area contributed by atoms with Crippen molar-refractivity contribution in [1.29, 1.82) is 0 Å². The third kappa shape index (κ3) is 3.53. The lowest BCUT2D eigenvalue weighted by Gasteiger charge is -2.09. The van der Waals surface area contributed by atoms with Crippen LogP contribution in [0.1, 0.15) is 20.7 Å². The minimum absolute atomic E-state index is 0.0129. The second kappa shape index (κ2) is 6.15. The van der Waals surface area contributed by atoms with E-state index in [2.05, 4.69) is 21.2 Å². The Morgan fingerprint density at radius 3 is 2.38 bits per heavy atom. The van der Waals surface area contributed by atoms with Gasteiger partial charge in [-0.1, -0.05) is 11.6 Å². The first-order valence-electron chi connectivity index (χ1n) is 5.71. The van der Waals surface area contributed by atoms with E-state index >= 15 is 0 Å². The van der Waals surface area contributed by atoms with Gasteiger partial charge in [0.15, 0.2) is 0 Å².